The molecule has 0 aromatic heterocycles. The van der Waals surface area contributed by atoms with Gasteiger partial charge in [-0.05, 0) is 17.9 Å². The average molecular weight is 274 g/mol. The first-order chi connectivity index (χ1) is 9.49. The molecule has 0 unspecified atom stereocenters. The van der Waals surface area contributed by atoms with Crippen molar-refractivity contribution in [1.82, 2.24) is 10.2 Å². The Balaban J connectivity index is 2.09. The third kappa shape index (κ3) is 3.18. The second-order valence-electron chi connectivity index (χ2n) is 5.85. The SMILES string of the molecule is CC(C)C[C@@H]1NC(=O)[C@H](Cc2ccccc2)N(C)C1=O. The van der Waals surface area contributed by atoms with Crippen molar-refractivity contribution in [2.24, 2.45) is 5.92 Å². The van der Waals surface area contributed by atoms with Crippen molar-refractivity contribution >= 4 is 11.8 Å². The van der Waals surface area contributed by atoms with Crippen LogP contribution in [0.2, 0.25) is 0 Å². The molecule has 0 bridgehead atoms. The molecule has 1 N–H and O–H groups in total. The normalized spacial score (nSPS) is 23.1. The molecular weight excluding hydrogens is 252 g/mol. The molecule has 0 aliphatic carbocycles. The van der Waals surface area contributed by atoms with Gasteiger partial charge in [-0.3, -0.25) is 9.59 Å². The van der Waals surface area contributed by atoms with Crippen LogP contribution in [0.25, 0.3) is 0 Å². The number of carbonyl (C=O) groups excluding carboxylic acids is 2. The number of piperazine rings is 1. The molecule has 1 aliphatic heterocycles. The first-order valence-electron chi connectivity index (χ1n) is 7.10. The molecule has 20 heavy (non-hydrogen) atoms. The standard InChI is InChI=1S/C16H22N2O2/c1-11(2)9-13-16(20)18(3)14(15(19)17-13)10-12-7-5-4-6-8-12/h4-8,11,13-14H,9-10H2,1-3H3,(H,17,19)/t13-,14-/m0/s1. The minimum absolute atomic E-state index is 0.0132. The van der Waals surface area contributed by atoms with E-state index in [-0.39, 0.29) is 17.9 Å². The van der Waals surface area contributed by atoms with E-state index in [0.29, 0.717) is 18.8 Å². The van der Waals surface area contributed by atoms with Gasteiger partial charge < -0.3 is 10.2 Å². The van der Waals surface area contributed by atoms with Crippen LogP contribution in [-0.4, -0.2) is 35.8 Å². The largest absolute Gasteiger partial charge is 0.342 e. The van der Waals surface area contributed by atoms with Gasteiger partial charge in [0, 0.05) is 13.5 Å². The molecule has 2 atom stereocenters. The summed E-state index contributed by atoms with van der Waals surface area (Å²) in [4.78, 5) is 26.2. The Bertz CT molecular complexity index is 485. The van der Waals surface area contributed by atoms with Crippen molar-refractivity contribution in [3.8, 4) is 0 Å². The number of benzene rings is 1. The van der Waals surface area contributed by atoms with Crippen LogP contribution in [0.15, 0.2) is 30.3 Å². The van der Waals surface area contributed by atoms with Crippen LogP contribution < -0.4 is 5.32 Å². The predicted octanol–water partition coefficient (Wildman–Crippen LogP) is 1.60. The summed E-state index contributed by atoms with van der Waals surface area (Å²) >= 11 is 0. The summed E-state index contributed by atoms with van der Waals surface area (Å²) < 4.78 is 0. The third-order valence-electron chi connectivity index (χ3n) is 3.71. The molecule has 2 amide bonds. The van der Waals surface area contributed by atoms with Gasteiger partial charge in [0.2, 0.25) is 11.8 Å². The molecule has 1 aromatic carbocycles. The van der Waals surface area contributed by atoms with Crippen LogP contribution in [0.5, 0.6) is 0 Å². The highest BCUT2D eigenvalue weighted by Crippen LogP contribution is 2.17. The van der Waals surface area contributed by atoms with Gasteiger partial charge in [0.15, 0.2) is 0 Å². The summed E-state index contributed by atoms with van der Waals surface area (Å²) in [6.07, 6.45) is 1.25. The molecule has 1 saturated heterocycles. The van der Waals surface area contributed by atoms with Gasteiger partial charge in [-0.15, -0.1) is 0 Å². The Labute approximate surface area is 120 Å². The fourth-order valence-corrected chi connectivity index (χ4v) is 2.60. The van der Waals surface area contributed by atoms with Crippen molar-refractivity contribution in [1.29, 1.82) is 0 Å². The second kappa shape index (κ2) is 6.07. The van der Waals surface area contributed by atoms with Crippen LogP contribution >= 0.6 is 0 Å². The number of nitrogens with zero attached hydrogens (tertiary/aromatic N) is 1. The molecular formula is C16H22N2O2. The Morgan fingerprint density at radius 2 is 1.85 bits per heavy atom. The van der Waals surface area contributed by atoms with Crippen molar-refractivity contribution in [2.45, 2.75) is 38.8 Å². The molecule has 0 radical (unpaired) electrons. The molecule has 0 spiro atoms. The molecule has 1 heterocycles. The Morgan fingerprint density at radius 1 is 1.20 bits per heavy atom. The van der Waals surface area contributed by atoms with Crippen molar-refractivity contribution < 1.29 is 9.59 Å². The highest BCUT2D eigenvalue weighted by Gasteiger charge is 2.38. The summed E-state index contributed by atoms with van der Waals surface area (Å²) in [5, 5.41) is 2.87. The molecule has 1 aliphatic rings. The molecule has 2 rings (SSSR count). The van der Waals surface area contributed by atoms with E-state index in [0.717, 1.165) is 5.56 Å². The predicted molar refractivity (Wildman–Crippen MR) is 78.1 cm³/mol. The lowest BCUT2D eigenvalue weighted by atomic mass is 9.96. The fourth-order valence-electron chi connectivity index (χ4n) is 2.60. The minimum atomic E-state index is -0.409. The molecule has 1 fully saturated rings. The number of rotatable bonds is 4. The first-order valence-corrected chi connectivity index (χ1v) is 7.10. The number of nitrogens with one attached hydrogen (secondary N) is 1. The van der Waals surface area contributed by atoms with E-state index < -0.39 is 6.04 Å². The molecule has 4 heteroatoms. The van der Waals surface area contributed by atoms with Crippen LogP contribution in [0.3, 0.4) is 0 Å². The Hall–Kier alpha value is -1.84. The van der Waals surface area contributed by atoms with Crippen molar-refractivity contribution in [2.75, 3.05) is 7.05 Å². The van der Waals surface area contributed by atoms with Gasteiger partial charge in [-0.2, -0.15) is 0 Å². The fraction of sp³-hybridized carbons (Fsp3) is 0.500. The van der Waals surface area contributed by atoms with Gasteiger partial charge in [-0.25, -0.2) is 0 Å². The van der Waals surface area contributed by atoms with Crippen LogP contribution in [0.1, 0.15) is 25.8 Å². The van der Waals surface area contributed by atoms with Crippen molar-refractivity contribution in [3.05, 3.63) is 35.9 Å². The second-order valence-corrected chi connectivity index (χ2v) is 5.85. The minimum Gasteiger partial charge on any atom is -0.342 e. The monoisotopic (exact) mass is 274 g/mol. The van der Waals surface area contributed by atoms with E-state index in [2.05, 4.69) is 19.2 Å². The summed E-state index contributed by atoms with van der Waals surface area (Å²) in [5.41, 5.74) is 1.06. The molecule has 0 saturated carbocycles. The lowest BCUT2D eigenvalue weighted by molar-refractivity contribution is -0.148. The highest BCUT2D eigenvalue weighted by atomic mass is 16.2. The van der Waals surface area contributed by atoms with E-state index in [9.17, 15) is 9.59 Å². The summed E-state index contributed by atoms with van der Waals surface area (Å²) in [6, 6.07) is 9.00. The zero-order chi connectivity index (χ0) is 14.7. The first kappa shape index (κ1) is 14.6. The van der Waals surface area contributed by atoms with E-state index in [1.807, 2.05) is 30.3 Å². The third-order valence-corrected chi connectivity index (χ3v) is 3.71. The Kier molecular flexibility index (Phi) is 4.42. The quantitative estimate of drug-likeness (QED) is 0.906. The van der Waals surface area contributed by atoms with E-state index >= 15 is 0 Å². The average Bonchev–Trinajstić information content (AvgIpc) is 2.41. The highest BCUT2D eigenvalue weighted by molar-refractivity contribution is 5.96. The van der Waals surface area contributed by atoms with Gasteiger partial charge in [0.05, 0.1) is 0 Å². The van der Waals surface area contributed by atoms with Gasteiger partial charge >= 0.3 is 0 Å². The van der Waals surface area contributed by atoms with Crippen molar-refractivity contribution in [3.63, 3.8) is 0 Å². The summed E-state index contributed by atoms with van der Waals surface area (Å²) in [6.45, 7) is 4.10. The smallest absolute Gasteiger partial charge is 0.245 e. The summed E-state index contributed by atoms with van der Waals surface area (Å²) in [5.74, 6) is 0.337. The maximum atomic E-state index is 12.3. The maximum Gasteiger partial charge on any atom is 0.245 e. The zero-order valence-electron chi connectivity index (χ0n) is 12.3. The number of amides is 2. The lowest BCUT2D eigenvalue weighted by Gasteiger charge is -2.37. The van der Waals surface area contributed by atoms with Crippen LogP contribution in [0.4, 0.5) is 0 Å². The molecule has 108 valence electrons. The number of likely N-dealkylation sites (N-methyl/N-ethyl adjacent to an activating group) is 1. The zero-order valence-corrected chi connectivity index (χ0v) is 12.3. The van der Waals surface area contributed by atoms with E-state index in [1.165, 1.54) is 0 Å². The van der Waals surface area contributed by atoms with Gasteiger partial charge in [0.25, 0.3) is 0 Å². The van der Waals surface area contributed by atoms with Gasteiger partial charge in [-0.1, -0.05) is 44.2 Å². The van der Waals surface area contributed by atoms with Crippen LogP contribution in [0, 0.1) is 5.92 Å². The maximum absolute atomic E-state index is 12.3. The lowest BCUT2D eigenvalue weighted by Crippen LogP contribution is -2.62. The van der Waals surface area contributed by atoms with E-state index in [1.54, 1.807) is 11.9 Å². The van der Waals surface area contributed by atoms with Gasteiger partial charge in [0.1, 0.15) is 12.1 Å². The molecule has 4 nitrogen and oxygen atoms in total. The molecule has 1 aromatic rings. The number of carbonyl (C=O) groups is 2. The van der Waals surface area contributed by atoms with Crippen LogP contribution in [-0.2, 0) is 16.0 Å². The Morgan fingerprint density at radius 3 is 2.45 bits per heavy atom. The topological polar surface area (TPSA) is 49.4 Å². The number of hydrogen-bond acceptors (Lipinski definition) is 2. The number of hydrogen-bond donors (Lipinski definition) is 1. The summed E-state index contributed by atoms with van der Waals surface area (Å²) in [7, 11) is 1.72. The van der Waals surface area contributed by atoms with E-state index in [4.69, 9.17) is 0 Å².